The molecule has 0 radical (unpaired) electrons. The molecule has 4 saturated heterocycles. The van der Waals surface area contributed by atoms with Gasteiger partial charge >= 0.3 is 12.2 Å². The molecular formula is C28H52N4O4. The van der Waals surface area contributed by atoms with Crippen LogP contribution in [-0.2, 0) is 9.47 Å². The molecule has 4 rings (SSSR count). The lowest BCUT2D eigenvalue weighted by Crippen LogP contribution is -2.58. The summed E-state index contributed by atoms with van der Waals surface area (Å²) >= 11 is 0. The molecule has 4 aliphatic heterocycles. The zero-order valence-corrected chi connectivity index (χ0v) is 24.1. The minimum absolute atomic E-state index is 0.119. The van der Waals surface area contributed by atoms with Crippen LogP contribution in [0, 0.1) is 0 Å². The first-order valence-electron chi connectivity index (χ1n) is 14.2. The molecule has 0 spiro atoms. The molecule has 0 aromatic heterocycles. The third-order valence-corrected chi connectivity index (χ3v) is 7.97. The number of ether oxygens (including phenoxy) is 2. The summed E-state index contributed by atoms with van der Waals surface area (Å²) in [6.07, 6.45) is 11.0. The highest BCUT2D eigenvalue weighted by molar-refractivity contribution is 5.70. The van der Waals surface area contributed by atoms with Gasteiger partial charge < -0.3 is 29.9 Å². The second kappa shape index (κ2) is 11.9. The van der Waals surface area contributed by atoms with Gasteiger partial charge in [0.15, 0.2) is 0 Å². The second-order valence-corrected chi connectivity index (χ2v) is 13.2. The summed E-state index contributed by atoms with van der Waals surface area (Å²) in [7, 11) is 4.03. The molecular weight excluding hydrogens is 456 g/mol. The Morgan fingerprint density at radius 1 is 0.611 bits per heavy atom. The Hall–Kier alpha value is -1.54. The molecule has 2 unspecified atom stereocenters. The number of hydrogen-bond donors (Lipinski definition) is 2. The van der Waals surface area contributed by atoms with Gasteiger partial charge in [-0.15, -0.1) is 0 Å². The summed E-state index contributed by atoms with van der Waals surface area (Å²) in [6, 6.07) is 2.57. The van der Waals surface area contributed by atoms with Gasteiger partial charge in [0.1, 0.15) is 11.2 Å². The van der Waals surface area contributed by atoms with Crippen LogP contribution >= 0.6 is 0 Å². The number of amides is 2. The fourth-order valence-electron chi connectivity index (χ4n) is 6.46. The van der Waals surface area contributed by atoms with Gasteiger partial charge in [-0.1, -0.05) is 0 Å². The maximum Gasteiger partial charge on any atom is 0.410 e. The maximum absolute atomic E-state index is 12.3. The lowest BCUT2D eigenvalue weighted by molar-refractivity contribution is -0.0239. The lowest BCUT2D eigenvalue weighted by atomic mass is 9.82. The SMILES string of the molecule is CNC1C[C@H]2CCC[C@@H](C1)N2C(=O)OC(C)(C)C.CNC1C[C@H]2CCC[C@@H](C1)N2C(=O)OC(C)(C)C. The lowest BCUT2D eigenvalue weighted by Gasteiger charge is -2.48. The second-order valence-electron chi connectivity index (χ2n) is 13.2. The fraction of sp³-hybridized carbons (Fsp3) is 0.929. The highest BCUT2D eigenvalue weighted by Gasteiger charge is 2.43. The number of hydrogen-bond acceptors (Lipinski definition) is 6. The number of fused-ring (bicyclic) bond motifs is 4. The van der Waals surface area contributed by atoms with Gasteiger partial charge in [0, 0.05) is 36.3 Å². The zero-order valence-electron chi connectivity index (χ0n) is 24.1. The minimum atomic E-state index is -0.398. The maximum atomic E-state index is 12.3. The van der Waals surface area contributed by atoms with Crippen molar-refractivity contribution >= 4 is 12.2 Å². The molecule has 2 N–H and O–H groups in total. The summed E-state index contributed by atoms with van der Waals surface area (Å²) in [5.41, 5.74) is -0.795. The van der Waals surface area contributed by atoms with Crippen LogP contribution in [0.2, 0.25) is 0 Å². The van der Waals surface area contributed by atoms with E-state index in [9.17, 15) is 9.59 Å². The van der Waals surface area contributed by atoms with E-state index in [-0.39, 0.29) is 12.2 Å². The molecule has 0 saturated carbocycles. The summed E-state index contributed by atoms with van der Waals surface area (Å²) in [4.78, 5) is 28.6. The summed E-state index contributed by atoms with van der Waals surface area (Å²) in [6.45, 7) is 11.6. The number of piperidine rings is 4. The van der Waals surface area contributed by atoms with Crippen molar-refractivity contribution in [2.75, 3.05) is 14.1 Å². The molecule has 0 aromatic carbocycles. The van der Waals surface area contributed by atoms with Crippen molar-refractivity contribution in [3.8, 4) is 0 Å². The van der Waals surface area contributed by atoms with E-state index in [4.69, 9.17) is 9.47 Å². The summed E-state index contributed by atoms with van der Waals surface area (Å²) < 4.78 is 11.1. The van der Waals surface area contributed by atoms with Crippen molar-refractivity contribution in [1.82, 2.24) is 20.4 Å². The van der Waals surface area contributed by atoms with Gasteiger partial charge in [-0.25, -0.2) is 9.59 Å². The van der Waals surface area contributed by atoms with Crippen LogP contribution < -0.4 is 10.6 Å². The zero-order chi connectivity index (χ0) is 26.7. The fourth-order valence-corrected chi connectivity index (χ4v) is 6.46. The Kier molecular flexibility index (Phi) is 9.58. The van der Waals surface area contributed by atoms with Crippen LogP contribution in [0.15, 0.2) is 0 Å². The molecule has 4 bridgehead atoms. The first-order valence-corrected chi connectivity index (χ1v) is 14.2. The summed E-state index contributed by atoms with van der Waals surface area (Å²) in [5.74, 6) is 0. The number of rotatable bonds is 2. The third kappa shape index (κ3) is 7.73. The van der Waals surface area contributed by atoms with Gasteiger partial charge in [-0.2, -0.15) is 0 Å². The Bertz CT molecular complexity index is 657. The average molecular weight is 509 g/mol. The monoisotopic (exact) mass is 508 g/mol. The topological polar surface area (TPSA) is 83.1 Å². The van der Waals surface area contributed by atoms with Crippen molar-refractivity contribution in [1.29, 1.82) is 0 Å². The van der Waals surface area contributed by atoms with Crippen LogP contribution in [0.4, 0.5) is 9.59 Å². The van der Waals surface area contributed by atoms with Gasteiger partial charge in [-0.05, 0) is 120 Å². The number of carbonyl (C=O) groups excluding carboxylic acids is 2. The first kappa shape index (κ1) is 29.0. The Morgan fingerprint density at radius 3 is 1.11 bits per heavy atom. The molecule has 0 aliphatic carbocycles. The van der Waals surface area contributed by atoms with E-state index in [0.29, 0.717) is 36.3 Å². The van der Waals surface area contributed by atoms with Gasteiger partial charge in [0.2, 0.25) is 0 Å². The largest absolute Gasteiger partial charge is 0.444 e. The molecule has 4 fully saturated rings. The normalized spacial score (nSPS) is 32.2. The molecule has 8 heteroatoms. The highest BCUT2D eigenvalue weighted by Crippen LogP contribution is 2.36. The van der Waals surface area contributed by atoms with Crippen LogP contribution in [-0.4, -0.2) is 83.5 Å². The quantitative estimate of drug-likeness (QED) is 0.543. The molecule has 208 valence electrons. The summed E-state index contributed by atoms with van der Waals surface area (Å²) in [5, 5.41) is 6.72. The molecule has 8 nitrogen and oxygen atoms in total. The van der Waals surface area contributed by atoms with Crippen LogP contribution in [0.5, 0.6) is 0 Å². The number of nitrogens with zero attached hydrogens (tertiary/aromatic N) is 2. The third-order valence-electron chi connectivity index (χ3n) is 7.97. The van der Waals surface area contributed by atoms with Crippen molar-refractivity contribution in [3.63, 3.8) is 0 Å². The van der Waals surface area contributed by atoms with E-state index in [0.717, 1.165) is 51.4 Å². The molecule has 4 heterocycles. The molecule has 4 aliphatic rings. The Balaban J connectivity index is 0.000000201. The van der Waals surface area contributed by atoms with Crippen LogP contribution in [0.25, 0.3) is 0 Å². The van der Waals surface area contributed by atoms with E-state index >= 15 is 0 Å². The van der Waals surface area contributed by atoms with E-state index in [1.807, 2.05) is 65.4 Å². The minimum Gasteiger partial charge on any atom is -0.444 e. The van der Waals surface area contributed by atoms with Crippen molar-refractivity contribution < 1.29 is 19.1 Å². The average Bonchev–Trinajstić information content (AvgIpc) is 2.75. The van der Waals surface area contributed by atoms with Crippen molar-refractivity contribution in [2.24, 2.45) is 0 Å². The van der Waals surface area contributed by atoms with E-state index in [1.165, 1.54) is 12.8 Å². The Morgan fingerprint density at radius 2 is 0.889 bits per heavy atom. The van der Waals surface area contributed by atoms with Gasteiger partial charge in [0.25, 0.3) is 0 Å². The van der Waals surface area contributed by atoms with Crippen LogP contribution in [0.3, 0.4) is 0 Å². The van der Waals surface area contributed by atoms with Gasteiger partial charge in [-0.3, -0.25) is 0 Å². The predicted octanol–water partition coefficient (Wildman–Crippen LogP) is 5.05. The van der Waals surface area contributed by atoms with Gasteiger partial charge in [0.05, 0.1) is 0 Å². The molecule has 36 heavy (non-hydrogen) atoms. The number of nitrogens with one attached hydrogen (secondary N) is 2. The van der Waals surface area contributed by atoms with Crippen molar-refractivity contribution in [2.45, 2.75) is 153 Å². The van der Waals surface area contributed by atoms with Crippen molar-refractivity contribution in [3.05, 3.63) is 0 Å². The van der Waals surface area contributed by atoms with E-state index < -0.39 is 11.2 Å². The molecule has 2 amide bonds. The number of carbonyl (C=O) groups is 2. The van der Waals surface area contributed by atoms with Crippen LogP contribution in [0.1, 0.15) is 106 Å². The highest BCUT2D eigenvalue weighted by atomic mass is 16.6. The smallest absolute Gasteiger partial charge is 0.410 e. The Labute approximate surface area is 219 Å². The van der Waals surface area contributed by atoms with E-state index in [2.05, 4.69) is 10.6 Å². The first-order chi connectivity index (χ1) is 16.8. The standard InChI is InChI=1S/2C14H26N2O2/c2*1-14(2,3)18-13(17)16-11-6-5-7-12(16)9-10(8-11)15-4/h2*10-12,15H,5-9H2,1-4H3/t2*10?,11-,12+. The van der Waals surface area contributed by atoms with E-state index in [1.54, 1.807) is 0 Å². The molecule has 0 aromatic rings. The predicted molar refractivity (Wildman–Crippen MR) is 143 cm³/mol. The molecule has 6 atom stereocenters.